The molecule has 9 aromatic rings. The van der Waals surface area contributed by atoms with Crippen LogP contribution in [0.1, 0.15) is 0 Å². The first-order valence-electron chi connectivity index (χ1n) is 14.9. The van der Waals surface area contributed by atoms with E-state index in [0.29, 0.717) is 5.82 Å². The molecule has 0 saturated heterocycles. The molecular weight excluding hydrogens is 569 g/mol. The molecule has 0 bridgehead atoms. The molecule has 0 radical (unpaired) electrons. The van der Waals surface area contributed by atoms with Crippen molar-refractivity contribution in [1.29, 1.82) is 0 Å². The zero-order chi connectivity index (χ0) is 29.7. The van der Waals surface area contributed by atoms with Gasteiger partial charge in [-0.1, -0.05) is 115 Å². The molecule has 0 N–H and O–H groups in total. The monoisotopic (exact) mass is 592 g/mol. The van der Waals surface area contributed by atoms with Gasteiger partial charge in [-0.15, -0.1) is 11.3 Å². The number of nitrogens with zero attached hydrogens (tertiary/aromatic N) is 4. The van der Waals surface area contributed by atoms with Gasteiger partial charge in [0.15, 0.2) is 5.82 Å². The molecule has 0 aliphatic carbocycles. The summed E-state index contributed by atoms with van der Waals surface area (Å²) in [5.74, 6) is 0.713. The van der Waals surface area contributed by atoms with Crippen molar-refractivity contribution in [3.63, 3.8) is 0 Å². The molecule has 5 heteroatoms. The third-order valence-electron chi connectivity index (χ3n) is 8.33. The zero-order valence-corrected chi connectivity index (χ0v) is 24.9. The topological polar surface area (TPSA) is 51.6 Å². The minimum atomic E-state index is 0.713. The third-order valence-corrected chi connectivity index (χ3v) is 9.54. The molecule has 5 aromatic carbocycles. The molecule has 9 rings (SSSR count). The van der Waals surface area contributed by atoms with Gasteiger partial charge in [-0.2, -0.15) is 0 Å². The van der Waals surface area contributed by atoms with Gasteiger partial charge in [0.05, 0.1) is 28.1 Å². The Hall–Kier alpha value is -5.78. The predicted octanol–water partition coefficient (Wildman–Crippen LogP) is 10.6. The van der Waals surface area contributed by atoms with E-state index in [-0.39, 0.29) is 0 Å². The van der Waals surface area contributed by atoms with Crippen LogP contribution < -0.4 is 0 Å². The fourth-order valence-electron chi connectivity index (χ4n) is 6.20. The maximum atomic E-state index is 5.19. The van der Waals surface area contributed by atoms with Crippen LogP contribution in [-0.4, -0.2) is 19.9 Å². The molecule has 0 saturated carbocycles. The minimum Gasteiger partial charge on any atom is -0.254 e. The lowest BCUT2D eigenvalue weighted by molar-refractivity contribution is 1.19. The molecule has 0 fully saturated rings. The molecule has 0 atom stereocenters. The first kappa shape index (κ1) is 25.7. The highest BCUT2D eigenvalue weighted by molar-refractivity contribution is 7.26. The minimum absolute atomic E-state index is 0.713. The lowest BCUT2D eigenvalue weighted by Gasteiger charge is -2.11. The second-order valence-electron chi connectivity index (χ2n) is 11.1. The average molecular weight is 593 g/mol. The van der Waals surface area contributed by atoms with Crippen molar-refractivity contribution < 1.29 is 0 Å². The Morgan fingerprint density at radius 3 is 2.02 bits per heavy atom. The summed E-state index contributed by atoms with van der Waals surface area (Å²) in [6, 6.07) is 48.3. The van der Waals surface area contributed by atoms with E-state index in [9.17, 15) is 0 Å². The highest BCUT2D eigenvalue weighted by Gasteiger charge is 2.18. The van der Waals surface area contributed by atoms with Crippen LogP contribution in [0.25, 0.3) is 87.1 Å². The van der Waals surface area contributed by atoms with Gasteiger partial charge in [0, 0.05) is 59.4 Å². The Bertz CT molecular complexity index is 2480. The van der Waals surface area contributed by atoms with Gasteiger partial charge in [-0.25, -0.2) is 15.0 Å². The molecule has 0 spiro atoms. The summed E-state index contributed by atoms with van der Waals surface area (Å²) in [4.78, 5) is 20.0. The first-order valence-corrected chi connectivity index (χ1v) is 15.7. The van der Waals surface area contributed by atoms with Gasteiger partial charge >= 0.3 is 0 Å². The van der Waals surface area contributed by atoms with Gasteiger partial charge < -0.3 is 0 Å². The average Bonchev–Trinajstić information content (AvgIpc) is 3.51. The molecule has 0 aliphatic heterocycles. The fourth-order valence-corrected chi connectivity index (χ4v) is 7.45. The van der Waals surface area contributed by atoms with Crippen molar-refractivity contribution in [2.75, 3.05) is 0 Å². The Balaban J connectivity index is 1.27. The van der Waals surface area contributed by atoms with Gasteiger partial charge in [0.25, 0.3) is 0 Å². The SMILES string of the molecule is c1ccc(-c2cc(-c3cccc4sc5c(-c6ccc7ccc8cccnc8c7n6)cccc5c34)nc(-c3ccccc3)n2)cc1. The quantitative estimate of drug-likeness (QED) is 0.191. The smallest absolute Gasteiger partial charge is 0.160 e. The van der Waals surface area contributed by atoms with Crippen LogP contribution in [-0.2, 0) is 0 Å². The van der Waals surface area contributed by atoms with E-state index in [1.807, 2.05) is 48.7 Å². The van der Waals surface area contributed by atoms with Crippen molar-refractivity contribution >= 4 is 53.3 Å². The lowest BCUT2D eigenvalue weighted by atomic mass is 9.99. The van der Waals surface area contributed by atoms with Gasteiger partial charge in [0.1, 0.15) is 0 Å². The highest BCUT2D eigenvalue weighted by atomic mass is 32.1. The molecular formula is C40H24N4S. The second kappa shape index (κ2) is 10.4. The normalized spacial score (nSPS) is 11.6. The van der Waals surface area contributed by atoms with E-state index in [2.05, 4.69) is 102 Å². The van der Waals surface area contributed by atoms with E-state index >= 15 is 0 Å². The van der Waals surface area contributed by atoms with Gasteiger partial charge in [-0.3, -0.25) is 4.98 Å². The van der Waals surface area contributed by atoms with Crippen LogP contribution in [0.5, 0.6) is 0 Å². The number of thiophene rings is 1. The molecule has 0 amide bonds. The summed E-state index contributed by atoms with van der Waals surface area (Å²) in [6.45, 7) is 0. The molecule has 4 aromatic heterocycles. The predicted molar refractivity (Wildman–Crippen MR) is 187 cm³/mol. The number of hydrogen-bond donors (Lipinski definition) is 0. The number of benzene rings is 5. The van der Waals surface area contributed by atoms with Crippen molar-refractivity contribution in [2.24, 2.45) is 0 Å². The summed E-state index contributed by atoms with van der Waals surface area (Å²) in [5, 5.41) is 4.57. The number of fused-ring (bicyclic) bond motifs is 6. The molecule has 0 unspecified atom stereocenters. The van der Waals surface area contributed by atoms with Crippen LogP contribution >= 0.6 is 11.3 Å². The van der Waals surface area contributed by atoms with Crippen LogP contribution in [0, 0.1) is 0 Å². The van der Waals surface area contributed by atoms with Crippen molar-refractivity contribution in [1.82, 2.24) is 19.9 Å². The highest BCUT2D eigenvalue weighted by Crippen LogP contribution is 2.44. The summed E-state index contributed by atoms with van der Waals surface area (Å²) in [5.41, 5.74) is 8.86. The third kappa shape index (κ3) is 4.36. The number of pyridine rings is 2. The van der Waals surface area contributed by atoms with Crippen molar-refractivity contribution in [2.45, 2.75) is 0 Å². The Labute approximate surface area is 263 Å². The molecule has 210 valence electrons. The standard InChI is InChI=1S/C40H24N4S/c1-3-10-25(11-4-1)33-24-34(44-40(43-33)28-12-5-2-6-13-28)29-15-8-18-35-36(29)31-17-7-16-30(39(31)45-35)32-22-21-27-20-19-26-14-9-23-41-37(26)38(27)42-32/h1-24H. The van der Waals surface area contributed by atoms with Crippen LogP contribution in [0.4, 0.5) is 0 Å². The summed E-state index contributed by atoms with van der Waals surface area (Å²) < 4.78 is 2.42. The van der Waals surface area contributed by atoms with E-state index in [1.54, 1.807) is 11.3 Å². The van der Waals surface area contributed by atoms with Crippen LogP contribution in [0.3, 0.4) is 0 Å². The number of rotatable bonds is 4. The second-order valence-corrected chi connectivity index (χ2v) is 12.1. The van der Waals surface area contributed by atoms with Crippen molar-refractivity contribution in [3.8, 4) is 45.2 Å². The largest absolute Gasteiger partial charge is 0.254 e. The van der Waals surface area contributed by atoms with Crippen molar-refractivity contribution in [3.05, 3.63) is 146 Å². The zero-order valence-electron chi connectivity index (χ0n) is 24.1. The van der Waals surface area contributed by atoms with Crippen LogP contribution in [0.2, 0.25) is 0 Å². The van der Waals surface area contributed by atoms with E-state index in [1.165, 1.54) is 20.2 Å². The maximum Gasteiger partial charge on any atom is 0.160 e. The van der Waals surface area contributed by atoms with E-state index < -0.39 is 0 Å². The number of aromatic nitrogens is 4. The van der Waals surface area contributed by atoms with Gasteiger partial charge in [-0.05, 0) is 24.3 Å². The Kier molecular flexibility index (Phi) is 5.96. The Morgan fingerprint density at radius 2 is 1.18 bits per heavy atom. The van der Waals surface area contributed by atoms with E-state index in [4.69, 9.17) is 15.0 Å². The molecule has 0 aliphatic rings. The lowest BCUT2D eigenvalue weighted by Crippen LogP contribution is -1.96. The van der Waals surface area contributed by atoms with Gasteiger partial charge in [0.2, 0.25) is 0 Å². The summed E-state index contributed by atoms with van der Waals surface area (Å²) in [7, 11) is 0. The number of hydrogen-bond acceptors (Lipinski definition) is 5. The summed E-state index contributed by atoms with van der Waals surface area (Å²) >= 11 is 1.80. The first-order chi connectivity index (χ1) is 22.3. The Morgan fingerprint density at radius 1 is 0.467 bits per heavy atom. The fraction of sp³-hybridized carbons (Fsp3) is 0. The molecule has 45 heavy (non-hydrogen) atoms. The van der Waals surface area contributed by atoms with E-state index in [0.717, 1.165) is 61.1 Å². The van der Waals surface area contributed by atoms with Crippen LogP contribution in [0.15, 0.2) is 146 Å². The molecule has 4 heterocycles. The molecule has 4 nitrogen and oxygen atoms in total. The maximum absolute atomic E-state index is 5.19. The summed E-state index contributed by atoms with van der Waals surface area (Å²) in [6.07, 6.45) is 1.84.